The predicted octanol–water partition coefficient (Wildman–Crippen LogP) is 3.34. The van der Waals surface area contributed by atoms with E-state index in [4.69, 9.17) is 18.9 Å². The van der Waals surface area contributed by atoms with Crippen LogP contribution in [0.15, 0.2) is 42.1 Å². The fraction of sp³-hybridized carbons (Fsp3) is 0.500. The Balaban J connectivity index is 2.08. The van der Waals surface area contributed by atoms with Crippen LogP contribution in [0.4, 0.5) is 9.59 Å². The minimum Gasteiger partial charge on any atom is -0.464 e. The number of methoxy groups -OCH3 is 1. The van der Waals surface area contributed by atoms with E-state index >= 15 is 0 Å². The first-order valence-electron chi connectivity index (χ1n) is 9.87. The molecule has 1 atom stereocenters. The summed E-state index contributed by atoms with van der Waals surface area (Å²) in [7, 11) is 1.19. The van der Waals surface area contributed by atoms with E-state index in [-0.39, 0.29) is 18.8 Å². The van der Waals surface area contributed by atoms with E-state index < -0.39 is 35.6 Å². The highest BCUT2D eigenvalue weighted by Gasteiger charge is 2.43. The quantitative estimate of drug-likeness (QED) is 0.431. The van der Waals surface area contributed by atoms with Gasteiger partial charge in [0, 0.05) is 0 Å². The number of esters is 1. The van der Waals surface area contributed by atoms with E-state index in [1.165, 1.54) is 18.1 Å². The van der Waals surface area contributed by atoms with E-state index in [9.17, 15) is 14.4 Å². The lowest BCUT2D eigenvalue weighted by Crippen LogP contribution is -2.43. The number of carbonyl (C=O) groups excluding carboxylic acids is 3. The number of hydrogen-bond donors (Lipinski definition) is 1. The van der Waals surface area contributed by atoms with Crippen LogP contribution in [0.2, 0.25) is 0 Å². The molecule has 1 aromatic rings. The molecule has 1 aromatic carbocycles. The van der Waals surface area contributed by atoms with Crippen molar-refractivity contribution in [2.45, 2.75) is 58.7 Å². The molecule has 1 fully saturated rings. The van der Waals surface area contributed by atoms with Crippen molar-refractivity contribution in [3.8, 4) is 0 Å². The molecule has 2 rings (SSSR count). The fourth-order valence-electron chi connectivity index (χ4n) is 2.92. The van der Waals surface area contributed by atoms with Gasteiger partial charge in [-0.05, 0) is 46.3 Å². The summed E-state index contributed by atoms with van der Waals surface area (Å²) < 4.78 is 21.2. The van der Waals surface area contributed by atoms with Gasteiger partial charge in [0.15, 0.2) is 0 Å². The van der Waals surface area contributed by atoms with Gasteiger partial charge in [-0.3, -0.25) is 10.2 Å². The average molecular weight is 434 g/mol. The van der Waals surface area contributed by atoms with Crippen molar-refractivity contribution >= 4 is 18.2 Å². The molecular weight excluding hydrogens is 404 g/mol. The second kappa shape index (κ2) is 9.82. The van der Waals surface area contributed by atoms with Crippen LogP contribution in [0, 0.1) is 0 Å². The lowest BCUT2D eigenvalue weighted by Gasteiger charge is -2.28. The molecule has 0 aliphatic carbocycles. The summed E-state index contributed by atoms with van der Waals surface area (Å²) in [6.45, 7) is 8.78. The molecule has 9 heteroatoms. The number of rotatable bonds is 5. The number of ether oxygens (including phenoxy) is 4. The summed E-state index contributed by atoms with van der Waals surface area (Å²) in [5.74, 6) is -0.766. The Labute approximate surface area is 182 Å². The van der Waals surface area contributed by atoms with Crippen molar-refractivity contribution in [1.82, 2.24) is 10.2 Å². The Kier molecular flexibility index (Phi) is 7.67. The molecule has 31 heavy (non-hydrogen) atoms. The van der Waals surface area contributed by atoms with Gasteiger partial charge in [0.1, 0.15) is 23.6 Å². The van der Waals surface area contributed by atoms with Crippen molar-refractivity contribution in [3.05, 3.63) is 47.7 Å². The summed E-state index contributed by atoms with van der Waals surface area (Å²) >= 11 is 0. The molecule has 0 unspecified atom stereocenters. The smallest absolute Gasteiger partial charge is 0.412 e. The summed E-state index contributed by atoms with van der Waals surface area (Å²) in [4.78, 5) is 38.2. The minimum absolute atomic E-state index is 0.122. The number of benzene rings is 1. The highest BCUT2D eigenvalue weighted by molar-refractivity contribution is 5.92. The van der Waals surface area contributed by atoms with Crippen molar-refractivity contribution in [2.24, 2.45) is 0 Å². The highest BCUT2D eigenvalue weighted by Crippen LogP contribution is 2.28. The van der Waals surface area contributed by atoms with Gasteiger partial charge in [0.2, 0.25) is 0 Å². The summed E-state index contributed by atoms with van der Waals surface area (Å²) in [5.41, 5.74) is -1.00. The Hall–Kier alpha value is -3.07. The molecule has 0 saturated carbocycles. The molecule has 1 aliphatic heterocycles. The zero-order chi connectivity index (χ0) is 23.2. The largest absolute Gasteiger partial charge is 0.464 e. The van der Waals surface area contributed by atoms with Crippen molar-refractivity contribution < 1.29 is 33.3 Å². The maximum Gasteiger partial charge on any atom is 0.412 e. The third-order valence-corrected chi connectivity index (χ3v) is 4.27. The number of nitrogens with zero attached hydrogens (tertiary/aromatic N) is 1. The lowest BCUT2D eigenvalue weighted by atomic mass is 10.2. The standard InChI is InChI=1S/C22H30N2O7/c1-21(2,3)31-19(26)23-17(18(25)28-6)12-16-13-24(22(4,5)30-16)20(27)29-14-15-10-8-7-9-11-15/h7-12,16H,13-14H2,1-6H3,(H,23,26)/b17-12+/t16-/m1/s1. The molecule has 1 saturated heterocycles. The molecule has 170 valence electrons. The van der Waals surface area contributed by atoms with E-state index in [2.05, 4.69) is 5.32 Å². The highest BCUT2D eigenvalue weighted by atomic mass is 16.6. The summed E-state index contributed by atoms with van der Waals surface area (Å²) in [6.07, 6.45) is -0.643. The van der Waals surface area contributed by atoms with Crippen molar-refractivity contribution in [3.63, 3.8) is 0 Å². The lowest BCUT2D eigenvalue weighted by molar-refractivity contribution is -0.136. The zero-order valence-electron chi connectivity index (χ0n) is 18.8. The Morgan fingerprint density at radius 3 is 2.45 bits per heavy atom. The predicted molar refractivity (Wildman–Crippen MR) is 112 cm³/mol. The van der Waals surface area contributed by atoms with Gasteiger partial charge < -0.3 is 18.9 Å². The second-order valence-corrected chi connectivity index (χ2v) is 8.45. The van der Waals surface area contributed by atoms with Gasteiger partial charge in [-0.2, -0.15) is 0 Å². The van der Waals surface area contributed by atoms with Crippen LogP contribution in [0.1, 0.15) is 40.2 Å². The first-order valence-corrected chi connectivity index (χ1v) is 9.87. The molecule has 0 radical (unpaired) electrons. The fourth-order valence-corrected chi connectivity index (χ4v) is 2.92. The van der Waals surface area contributed by atoms with Gasteiger partial charge >= 0.3 is 18.2 Å². The van der Waals surface area contributed by atoms with Crippen molar-refractivity contribution in [2.75, 3.05) is 13.7 Å². The SMILES string of the molecule is COC(=O)/C(=C\[C@@H]1CN(C(=O)OCc2ccccc2)C(C)(C)O1)NC(=O)OC(C)(C)C. The number of amides is 2. The number of nitrogens with one attached hydrogen (secondary N) is 1. The van der Waals surface area contributed by atoms with Crippen LogP contribution in [-0.4, -0.2) is 54.1 Å². The van der Waals surface area contributed by atoms with Crippen LogP contribution >= 0.6 is 0 Å². The van der Waals surface area contributed by atoms with Crippen molar-refractivity contribution in [1.29, 1.82) is 0 Å². The minimum atomic E-state index is -0.984. The monoisotopic (exact) mass is 434 g/mol. The average Bonchev–Trinajstić information content (AvgIpc) is 2.98. The number of hydrogen-bond acceptors (Lipinski definition) is 7. The Morgan fingerprint density at radius 2 is 1.87 bits per heavy atom. The zero-order valence-corrected chi connectivity index (χ0v) is 18.8. The van der Waals surface area contributed by atoms with E-state index in [0.29, 0.717) is 0 Å². The van der Waals surface area contributed by atoms with Crippen LogP contribution in [-0.2, 0) is 30.3 Å². The van der Waals surface area contributed by atoms with E-state index in [1.807, 2.05) is 30.3 Å². The number of alkyl carbamates (subject to hydrolysis) is 1. The molecule has 1 heterocycles. The van der Waals surface area contributed by atoms with Gasteiger partial charge in [0.05, 0.1) is 19.8 Å². The van der Waals surface area contributed by atoms with Crippen LogP contribution in [0.3, 0.4) is 0 Å². The van der Waals surface area contributed by atoms with E-state index in [0.717, 1.165) is 5.56 Å². The first-order chi connectivity index (χ1) is 14.4. The van der Waals surface area contributed by atoms with Crippen LogP contribution in [0.5, 0.6) is 0 Å². The Bertz CT molecular complexity index is 828. The van der Waals surface area contributed by atoms with Gasteiger partial charge in [0.25, 0.3) is 0 Å². The third-order valence-electron chi connectivity index (χ3n) is 4.27. The summed E-state index contributed by atoms with van der Waals surface area (Å²) in [5, 5.41) is 2.38. The van der Waals surface area contributed by atoms with Crippen LogP contribution < -0.4 is 5.32 Å². The summed E-state index contributed by atoms with van der Waals surface area (Å²) in [6, 6.07) is 9.31. The van der Waals surface area contributed by atoms with Gasteiger partial charge in [-0.15, -0.1) is 0 Å². The molecule has 0 spiro atoms. The van der Waals surface area contributed by atoms with Gasteiger partial charge in [-0.25, -0.2) is 14.4 Å². The maximum absolute atomic E-state index is 12.6. The van der Waals surface area contributed by atoms with E-state index in [1.54, 1.807) is 34.6 Å². The number of carbonyl (C=O) groups is 3. The Morgan fingerprint density at radius 1 is 1.23 bits per heavy atom. The maximum atomic E-state index is 12.6. The van der Waals surface area contributed by atoms with Gasteiger partial charge in [-0.1, -0.05) is 30.3 Å². The first kappa shape index (κ1) is 24.2. The third kappa shape index (κ3) is 7.29. The molecular formula is C22H30N2O7. The molecule has 1 aliphatic rings. The topological polar surface area (TPSA) is 103 Å². The molecule has 9 nitrogen and oxygen atoms in total. The second-order valence-electron chi connectivity index (χ2n) is 8.45. The molecule has 2 amide bonds. The molecule has 1 N–H and O–H groups in total. The molecule has 0 bridgehead atoms. The molecule has 0 aromatic heterocycles. The normalized spacial score (nSPS) is 18.3. The van der Waals surface area contributed by atoms with Crippen LogP contribution in [0.25, 0.3) is 0 Å².